The topological polar surface area (TPSA) is 20.3 Å². The van der Waals surface area contributed by atoms with Crippen LogP contribution in [0.4, 0.5) is 8.78 Å². The zero-order valence-corrected chi connectivity index (χ0v) is 9.17. The molecule has 0 saturated heterocycles. The van der Waals surface area contributed by atoms with E-state index < -0.39 is 12.2 Å². The first-order chi connectivity index (χ1) is 7.00. The number of hydrogen-bond acceptors (Lipinski definition) is 2. The number of hydrogen-bond donors (Lipinski definition) is 0. The van der Waals surface area contributed by atoms with Gasteiger partial charge in [-0.05, 0) is 18.8 Å². The molecule has 4 heteroatoms. The third-order valence-corrected chi connectivity index (χ3v) is 2.34. The number of carbonyl (C=O) groups is 1. The third kappa shape index (κ3) is 3.61. The fourth-order valence-corrected chi connectivity index (χ4v) is 1.76. The van der Waals surface area contributed by atoms with E-state index in [0.717, 1.165) is 19.5 Å². The lowest BCUT2D eigenvalue weighted by molar-refractivity contribution is -0.125. The Bertz CT molecular complexity index is 261. The Labute approximate surface area is 88.9 Å². The average Bonchev–Trinajstić information content (AvgIpc) is 2.16. The van der Waals surface area contributed by atoms with Gasteiger partial charge >= 0.3 is 0 Å². The summed E-state index contributed by atoms with van der Waals surface area (Å²) in [4.78, 5) is 13.0. The molecule has 0 aromatic rings. The van der Waals surface area contributed by atoms with E-state index in [1.165, 1.54) is 0 Å². The monoisotopic (exact) mass is 217 g/mol. The number of allylic oxidation sites excluding steroid dienone is 1. The van der Waals surface area contributed by atoms with Crippen LogP contribution >= 0.6 is 0 Å². The quantitative estimate of drug-likeness (QED) is 0.721. The second-order valence-electron chi connectivity index (χ2n) is 4.31. The molecule has 1 heterocycles. The molecule has 86 valence electrons. The lowest BCUT2D eigenvalue weighted by atomic mass is 10.0. The Morgan fingerprint density at radius 3 is 2.73 bits per heavy atom. The Morgan fingerprint density at radius 1 is 1.53 bits per heavy atom. The van der Waals surface area contributed by atoms with Crippen molar-refractivity contribution in [2.45, 2.75) is 33.1 Å². The van der Waals surface area contributed by atoms with Gasteiger partial charge in [0.15, 0.2) is 0 Å². The van der Waals surface area contributed by atoms with Crippen molar-refractivity contribution in [2.24, 2.45) is 5.92 Å². The predicted octanol–water partition coefficient (Wildman–Crippen LogP) is 2.46. The summed E-state index contributed by atoms with van der Waals surface area (Å²) in [5, 5.41) is 0. The highest BCUT2D eigenvalue weighted by molar-refractivity contribution is 5.97. The summed E-state index contributed by atoms with van der Waals surface area (Å²) in [6.07, 6.45) is 0.0162. The van der Waals surface area contributed by atoms with Gasteiger partial charge in [-0.25, -0.2) is 8.78 Å². The maximum atomic E-state index is 12.2. The smallest absolute Gasteiger partial charge is 0.300 e. The van der Waals surface area contributed by atoms with E-state index in [2.05, 4.69) is 13.8 Å². The summed E-state index contributed by atoms with van der Waals surface area (Å²) in [6, 6.07) is 0. The second-order valence-corrected chi connectivity index (χ2v) is 4.31. The molecule has 0 aliphatic carbocycles. The zero-order chi connectivity index (χ0) is 11.4. The number of carbonyl (C=O) groups excluding carboxylic acids is 1. The predicted molar refractivity (Wildman–Crippen MR) is 54.7 cm³/mol. The van der Waals surface area contributed by atoms with Crippen LogP contribution in [0.15, 0.2) is 11.8 Å². The van der Waals surface area contributed by atoms with Crippen LogP contribution in [-0.4, -0.2) is 30.2 Å². The lowest BCUT2D eigenvalue weighted by Gasteiger charge is -2.27. The Kier molecular flexibility index (Phi) is 4.24. The molecule has 0 aromatic heterocycles. The summed E-state index contributed by atoms with van der Waals surface area (Å²) in [6.45, 7) is 5.81. The standard InChI is InChI=1S/C11H17F2NO/c1-8(2)6-14-5-3-4-9(7-14)10(15)11(12)13/h7-8,11H,3-6H2,1-2H3. The highest BCUT2D eigenvalue weighted by Gasteiger charge is 2.23. The number of ketones is 1. The highest BCUT2D eigenvalue weighted by atomic mass is 19.3. The van der Waals surface area contributed by atoms with Crippen molar-refractivity contribution in [3.05, 3.63) is 11.8 Å². The third-order valence-electron chi connectivity index (χ3n) is 2.34. The summed E-state index contributed by atoms with van der Waals surface area (Å²) in [5.74, 6) is -0.536. The molecule has 15 heavy (non-hydrogen) atoms. The minimum atomic E-state index is -2.87. The molecule has 0 saturated carbocycles. The molecule has 1 rings (SSSR count). The van der Waals surface area contributed by atoms with Crippen molar-refractivity contribution in [1.29, 1.82) is 0 Å². The van der Waals surface area contributed by atoms with E-state index in [1.54, 1.807) is 6.20 Å². The molecule has 0 aromatic carbocycles. The van der Waals surface area contributed by atoms with E-state index >= 15 is 0 Å². The molecule has 0 N–H and O–H groups in total. The van der Waals surface area contributed by atoms with Crippen LogP contribution in [0.1, 0.15) is 26.7 Å². The van der Waals surface area contributed by atoms with Gasteiger partial charge in [0, 0.05) is 24.9 Å². The first kappa shape index (κ1) is 12.1. The molecule has 0 atom stereocenters. The molecule has 0 bridgehead atoms. The van der Waals surface area contributed by atoms with Crippen LogP contribution in [0.2, 0.25) is 0 Å². The van der Waals surface area contributed by atoms with Gasteiger partial charge in [0.05, 0.1) is 0 Å². The summed E-state index contributed by atoms with van der Waals surface area (Å²) in [5.41, 5.74) is 0.275. The molecule has 0 amide bonds. The number of Topliss-reactive ketones (excluding diaryl/α,β-unsaturated/α-hetero) is 1. The molecular formula is C11H17F2NO. The van der Waals surface area contributed by atoms with E-state index in [1.807, 2.05) is 4.90 Å². The van der Waals surface area contributed by atoms with Gasteiger partial charge in [-0.1, -0.05) is 13.8 Å². The summed E-state index contributed by atoms with van der Waals surface area (Å²) < 4.78 is 24.4. The van der Waals surface area contributed by atoms with Gasteiger partial charge in [0.25, 0.3) is 6.43 Å². The van der Waals surface area contributed by atoms with Crippen molar-refractivity contribution in [1.82, 2.24) is 4.90 Å². The van der Waals surface area contributed by atoms with E-state index in [-0.39, 0.29) is 5.57 Å². The van der Waals surface area contributed by atoms with Crippen LogP contribution < -0.4 is 0 Å². The minimum Gasteiger partial charge on any atom is -0.377 e. The second kappa shape index (κ2) is 5.24. The van der Waals surface area contributed by atoms with Gasteiger partial charge in [-0.2, -0.15) is 0 Å². The average molecular weight is 217 g/mol. The first-order valence-corrected chi connectivity index (χ1v) is 5.28. The fraction of sp³-hybridized carbons (Fsp3) is 0.727. The first-order valence-electron chi connectivity index (χ1n) is 5.28. The van der Waals surface area contributed by atoms with Crippen molar-refractivity contribution in [3.63, 3.8) is 0 Å². The van der Waals surface area contributed by atoms with E-state index in [0.29, 0.717) is 12.3 Å². The number of rotatable bonds is 4. The normalized spacial score (nSPS) is 17.2. The minimum absolute atomic E-state index is 0.275. The molecule has 1 aliphatic heterocycles. The van der Waals surface area contributed by atoms with Crippen LogP contribution in [-0.2, 0) is 4.79 Å². The van der Waals surface area contributed by atoms with Crippen LogP contribution in [0.5, 0.6) is 0 Å². The summed E-state index contributed by atoms with van der Waals surface area (Å²) in [7, 11) is 0. The van der Waals surface area contributed by atoms with Crippen molar-refractivity contribution in [3.8, 4) is 0 Å². The van der Waals surface area contributed by atoms with Crippen molar-refractivity contribution < 1.29 is 13.6 Å². The SMILES string of the molecule is CC(C)CN1C=C(C(=O)C(F)F)CCC1. The maximum absolute atomic E-state index is 12.2. The Hall–Kier alpha value is -0.930. The Morgan fingerprint density at radius 2 is 2.20 bits per heavy atom. The molecule has 0 unspecified atom stereocenters. The molecule has 1 aliphatic rings. The van der Waals surface area contributed by atoms with E-state index in [9.17, 15) is 13.6 Å². The van der Waals surface area contributed by atoms with E-state index in [4.69, 9.17) is 0 Å². The zero-order valence-electron chi connectivity index (χ0n) is 9.17. The fourth-order valence-electron chi connectivity index (χ4n) is 1.76. The number of nitrogens with zero attached hydrogens (tertiary/aromatic N) is 1. The lowest BCUT2D eigenvalue weighted by Crippen LogP contribution is -2.29. The van der Waals surface area contributed by atoms with Crippen molar-refractivity contribution >= 4 is 5.78 Å². The molecule has 0 fully saturated rings. The van der Waals surface area contributed by atoms with Gasteiger partial charge in [0.1, 0.15) is 0 Å². The molecule has 2 nitrogen and oxygen atoms in total. The number of halogens is 2. The number of alkyl halides is 2. The molecule has 0 spiro atoms. The molecule has 0 radical (unpaired) electrons. The summed E-state index contributed by atoms with van der Waals surface area (Å²) >= 11 is 0. The van der Waals surface area contributed by atoms with Gasteiger partial charge < -0.3 is 4.90 Å². The van der Waals surface area contributed by atoms with Crippen LogP contribution in [0.25, 0.3) is 0 Å². The maximum Gasteiger partial charge on any atom is 0.300 e. The van der Waals surface area contributed by atoms with Crippen LogP contribution in [0, 0.1) is 5.92 Å². The Balaban J connectivity index is 2.64. The van der Waals surface area contributed by atoms with Crippen LogP contribution in [0.3, 0.4) is 0 Å². The van der Waals surface area contributed by atoms with Gasteiger partial charge in [-0.15, -0.1) is 0 Å². The van der Waals surface area contributed by atoms with Gasteiger partial charge in [0.2, 0.25) is 5.78 Å². The largest absolute Gasteiger partial charge is 0.377 e. The molecular weight excluding hydrogens is 200 g/mol. The van der Waals surface area contributed by atoms with Gasteiger partial charge in [-0.3, -0.25) is 4.79 Å². The highest BCUT2D eigenvalue weighted by Crippen LogP contribution is 2.19. The van der Waals surface area contributed by atoms with Crippen molar-refractivity contribution in [2.75, 3.05) is 13.1 Å².